The molecule has 1 unspecified atom stereocenters. The van der Waals surface area contributed by atoms with Crippen molar-refractivity contribution in [2.24, 2.45) is 0 Å². The Labute approximate surface area is 142 Å². The summed E-state index contributed by atoms with van der Waals surface area (Å²) in [7, 11) is 0. The summed E-state index contributed by atoms with van der Waals surface area (Å²) in [6.45, 7) is 6.16. The van der Waals surface area contributed by atoms with Gasteiger partial charge in [-0.1, -0.05) is 18.2 Å². The molecular weight excluding hydrogens is 343 g/mol. The zero-order valence-electron chi connectivity index (χ0n) is 14.0. The number of nitrogens with one attached hydrogen (secondary N) is 1. The Bertz CT molecular complexity index is 582. The number of carboxylic acid groups (broad SMARTS) is 1. The molecule has 1 rings (SSSR count). The molecule has 0 aromatic heterocycles. The molecule has 2 N–H and O–H groups in total. The Balaban J connectivity index is 3.25. The summed E-state index contributed by atoms with van der Waals surface area (Å²) in [5.74, 6) is -2.56. The van der Waals surface area contributed by atoms with Gasteiger partial charge in [-0.15, -0.1) is 4.72 Å². The first-order chi connectivity index (χ1) is 10.9. The third-order valence-corrected chi connectivity index (χ3v) is 5.32. The zero-order valence-corrected chi connectivity index (χ0v) is 14.8. The van der Waals surface area contributed by atoms with Gasteiger partial charge in [0.15, 0.2) is 6.17 Å². The number of hydrogen-bond acceptors (Lipinski definition) is 3. The molecule has 0 heterocycles. The Hall–Kier alpha value is -1.25. The van der Waals surface area contributed by atoms with Gasteiger partial charge in [-0.05, 0) is 33.8 Å². The monoisotopic (exact) mass is 365 g/mol. The van der Waals surface area contributed by atoms with Crippen molar-refractivity contribution in [3.63, 3.8) is 0 Å². The highest BCUT2D eigenvalue weighted by Gasteiger charge is 2.46. The van der Waals surface area contributed by atoms with Gasteiger partial charge < -0.3 is 9.66 Å². The third kappa shape index (κ3) is 4.87. The van der Waals surface area contributed by atoms with E-state index < -0.39 is 52.2 Å². The minimum Gasteiger partial charge on any atom is -0.598 e. The van der Waals surface area contributed by atoms with Crippen molar-refractivity contribution in [2.45, 2.75) is 56.7 Å². The predicted molar refractivity (Wildman–Crippen MR) is 86.8 cm³/mol. The van der Waals surface area contributed by atoms with Gasteiger partial charge in [0.25, 0.3) is 0 Å². The van der Waals surface area contributed by atoms with Crippen LogP contribution in [0, 0.1) is 5.82 Å². The van der Waals surface area contributed by atoms with Crippen molar-refractivity contribution in [3.05, 3.63) is 35.6 Å². The molecular formula is C16H22F3NO3S. The minimum atomic E-state index is -2.45. The Morgan fingerprint density at radius 2 is 1.83 bits per heavy atom. The van der Waals surface area contributed by atoms with Crippen LogP contribution in [0.4, 0.5) is 13.2 Å². The highest BCUT2D eigenvalue weighted by molar-refractivity contribution is 7.90. The van der Waals surface area contributed by atoms with Crippen molar-refractivity contribution in [3.8, 4) is 0 Å². The van der Waals surface area contributed by atoms with E-state index in [-0.39, 0.29) is 5.56 Å². The number of aliphatic carboxylic acids is 1. The predicted octanol–water partition coefficient (Wildman–Crippen LogP) is 3.24. The molecule has 4 nitrogen and oxygen atoms in total. The van der Waals surface area contributed by atoms with Crippen LogP contribution in [0.3, 0.4) is 0 Å². The van der Waals surface area contributed by atoms with Crippen molar-refractivity contribution in [1.82, 2.24) is 4.72 Å². The standard InChI is InChI=1S/C16H22F3NO3S/c1-15(2,3)24(23)20-16(4,10-7-5-6-8-11(10)17)13(19)9-12(18)14(21)22/h5-8,12-13,20H,9H2,1-4H3,(H,21,22)/t12-,13-,16-,24?/m1/s1. The zero-order chi connectivity index (χ0) is 18.7. The van der Waals surface area contributed by atoms with Gasteiger partial charge in [0.2, 0.25) is 0 Å². The van der Waals surface area contributed by atoms with E-state index >= 15 is 0 Å². The van der Waals surface area contributed by atoms with Crippen LogP contribution in [0.2, 0.25) is 0 Å². The van der Waals surface area contributed by atoms with E-state index in [0.29, 0.717) is 0 Å². The number of carbonyl (C=O) groups is 1. The molecule has 0 bridgehead atoms. The molecule has 0 aliphatic rings. The molecule has 8 heteroatoms. The van der Waals surface area contributed by atoms with E-state index in [9.17, 15) is 22.5 Å². The maximum atomic E-state index is 14.8. The van der Waals surface area contributed by atoms with Gasteiger partial charge in [-0.3, -0.25) is 0 Å². The SMILES string of the molecule is CC(C)(C)[S+]([O-])N[C@](C)(c1ccccc1F)[C@H](F)C[C@@H](F)C(=O)O. The van der Waals surface area contributed by atoms with E-state index in [2.05, 4.69) is 4.72 Å². The fourth-order valence-corrected chi connectivity index (χ4v) is 2.96. The fraction of sp³-hybridized carbons (Fsp3) is 0.562. The molecule has 136 valence electrons. The first kappa shape index (κ1) is 20.8. The van der Waals surface area contributed by atoms with Crippen molar-refractivity contribution < 1.29 is 27.6 Å². The van der Waals surface area contributed by atoms with Crippen LogP contribution >= 0.6 is 0 Å². The van der Waals surface area contributed by atoms with Gasteiger partial charge in [-0.25, -0.2) is 18.0 Å². The molecule has 0 fully saturated rings. The van der Waals surface area contributed by atoms with E-state index in [1.165, 1.54) is 25.1 Å². The molecule has 0 spiro atoms. The third-order valence-electron chi connectivity index (χ3n) is 3.60. The lowest BCUT2D eigenvalue weighted by Gasteiger charge is -2.37. The first-order valence-corrected chi connectivity index (χ1v) is 8.50. The average molecular weight is 365 g/mol. The lowest BCUT2D eigenvalue weighted by Crippen LogP contribution is -2.55. The summed E-state index contributed by atoms with van der Waals surface area (Å²) in [4.78, 5) is 10.7. The van der Waals surface area contributed by atoms with Crippen molar-refractivity contribution in [1.29, 1.82) is 0 Å². The minimum absolute atomic E-state index is 0.146. The lowest BCUT2D eigenvalue weighted by molar-refractivity contribution is -0.143. The first-order valence-electron chi connectivity index (χ1n) is 7.35. The molecule has 0 aliphatic heterocycles. The number of rotatable bonds is 7. The number of benzene rings is 1. The van der Waals surface area contributed by atoms with Crippen LogP contribution in [0.25, 0.3) is 0 Å². The Kier molecular flexibility index (Phi) is 6.72. The van der Waals surface area contributed by atoms with E-state index in [4.69, 9.17) is 5.11 Å². The van der Waals surface area contributed by atoms with Crippen LogP contribution in [-0.2, 0) is 21.7 Å². The molecule has 4 atom stereocenters. The summed E-state index contributed by atoms with van der Waals surface area (Å²) in [5, 5.41) is 8.64. The van der Waals surface area contributed by atoms with Gasteiger partial charge in [-0.2, -0.15) is 0 Å². The summed E-state index contributed by atoms with van der Waals surface area (Å²) in [6, 6.07) is 5.27. The van der Waals surface area contributed by atoms with Gasteiger partial charge >= 0.3 is 5.97 Å². The average Bonchev–Trinajstić information content (AvgIpc) is 2.46. The Morgan fingerprint density at radius 1 is 1.29 bits per heavy atom. The van der Waals surface area contributed by atoms with Gasteiger partial charge in [0.05, 0.1) is 0 Å². The van der Waals surface area contributed by atoms with E-state index in [1.807, 2.05) is 0 Å². The van der Waals surface area contributed by atoms with E-state index in [0.717, 1.165) is 6.07 Å². The molecule has 24 heavy (non-hydrogen) atoms. The quantitative estimate of drug-likeness (QED) is 0.728. The molecule has 0 aliphatic carbocycles. The highest BCUT2D eigenvalue weighted by Crippen LogP contribution is 2.34. The summed E-state index contributed by atoms with van der Waals surface area (Å²) >= 11 is -1.79. The van der Waals surface area contributed by atoms with Gasteiger partial charge in [0.1, 0.15) is 22.3 Å². The second kappa shape index (κ2) is 7.76. The fourth-order valence-electron chi connectivity index (χ4n) is 2.03. The smallest absolute Gasteiger partial charge is 0.338 e. The lowest BCUT2D eigenvalue weighted by atomic mass is 9.85. The summed E-state index contributed by atoms with van der Waals surface area (Å²) in [6.07, 6.45) is -5.56. The topological polar surface area (TPSA) is 72.4 Å². The summed E-state index contributed by atoms with van der Waals surface area (Å²) < 4.78 is 56.6. The van der Waals surface area contributed by atoms with Crippen LogP contribution in [0.15, 0.2) is 24.3 Å². The number of alkyl halides is 2. The van der Waals surface area contributed by atoms with Gasteiger partial charge in [0, 0.05) is 23.3 Å². The number of hydrogen-bond donors (Lipinski definition) is 2. The molecule has 0 radical (unpaired) electrons. The van der Waals surface area contributed by atoms with Crippen LogP contribution in [0.1, 0.15) is 39.7 Å². The van der Waals surface area contributed by atoms with Crippen molar-refractivity contribution >= 4 is 17.3 Å². The van der Waals surface area contributed by atoms with Crippen LogP contribution in [0.5, 0.6) is 0 Å². The Morgan fingerprint density at radius 3 is 2.29 bits per heavy atom. The molecule has 0 saturated heterocycles. The molecule has 0 amide bonds. The normalized spacial score (nSPS) is 18.5. The molecule has 1 aromatic carbocycles. The maximum absolute atomic E-state index is 14.8. The van der Waals surface area contributed by atoms with Crippen LogP contribution < -0.4 is 4.72 Å². The largest absolute Gasteiger partial charge is 0.598 e. The van der Waals surface area contributed by atoms with Crippen molar-refractivity contribution in [2.75, 3.05) is 0 Å². The number of halogens is 3. The van der Waals surface area contributed by atoms with Crippen LogP contribution in [-0.4, -0.2) is 32.7 Å². The summed E-state index contributed by atoms with van der Waals surface area (Å²) in [5.41, 5.74) is -2.00. The molecule has 1 aromatic rings. The second-order valence-corrected chi connectivity index (χ2v) is 8.64. The highest BCUT2D eigenvalue weighted by atomic mass is 32.2. The maximum Gasteiger partial charge on any atom is 0.338 e. The van der Waals surface area contributed by atoms with E-state index in [1.54, 1.807) is 20.8 Å². The second-order valence-electron chi connectivity index (χ2n) is 6.67. The molecule has 0 saturated carbocycles. The number of carboxylic acids is 1.